The fraction of sp³-hybridized carbons (Fsp3) is 0.109. The summed E-state index contributed by atoms with van der Waals surface area (Å²) in [7, 11) is 2.13. The largest absolute Gasteiger partial charge is 0.457 e. The molecule has 0 bridgehead atoms. The van der Waals surface area contributed by atoms with Gasteiger partial charge < -0.3 is 14.4 Å². The number of aryl methyl sites for hydroxylation is 1. The van der Waals surface area contributed by atoms with Crippen LogP contribution in [0.4, 0.5) is 0 Å². The highest BCUT2D eigenvalue weighted by atomic mass is 16.5. The molecule has 340 valence electrons. The van der Waals surface area contributed by atoms with Crippen molar-refractivity contribution < 1.29 is 16.3 Å². The number of fused-ring (bicyclic) bond motifs is 4. The number of para-hydroxylation sites is 1. The molecule has 0 saturated heterocycles. The van der Waals surface area contributed by atoms with Crippen LogP contribution in [0, 0.1) is 6.92 Å². The van der Waals surface area contributed by atoms with E-state index in [0.29, 0.717) is 23.7 Å². The Morgan fingerprint density at radius 3 is 1.94 bits per heavy atom. The van der Waals surface area contributed by atoms with E-state index in [9.17, 15) is 0 Å². The Hall–Kier alpha value is -8.61. The number of pyridine rings is 1. The van der Waals surface area contributed by atoms with E-state index in [1.54, 1.807) is 12.1 Å². The highest BCUT2D eigenvalue weighted by Gasteiger charge is 2.38. The molecule has 4 heterocycles. The monoisotopic (exact) mass is 913 g/mol. The first-order valence-corrected chi connectivity index (χ1v) is 23.6. The normalized spacial score (nSPS) is 14.5. The van der Waals surface area contributed by atoms with Crippen LogP contribution >= 0.6 is 0 Å². The SMILES string of the molecule is [2H]c1c([2H])c([2H])c(-c2ccc(-c3cnc(-n4c5ccccc5c5ccc(Oc6cc(C7=COC8=C(c9c(-c%10ccccc%10)cccc9-c9ccccc9)N(C)CN78)cc(C(C)(C)C)c6)cc54)cc3C)cc2)c([2H])c1[2H]. The van der Waals surface area contributed by atoms with Gasteiger partial charge in [0.15, 0.2) is 0 Å². The summed E-state index contributed by atoms with van der Waals surface area (Å²) in [6.07, 6.45) is 3.75. The molecule has 2 aromatic heterocycles. The lowest BCUT2D eigenvalue weighted by Gasteiger charge is -2.24. The second kappa shape index (κ2) is 17.2. The minimum absolute atomic E-state index is 0.176. The number of rotatable bonds is 9. The topological polar surface area (TPSA) is 42.8 Å². The summed E-state index contributed by atoms with van der Waals surface area (Å²) in [6, 6.07) is 56.7. The molecule has 0 radical (unpaired) electrons. The first-order chi connectivity index (χ1) is 36.2. The van der Waals surface area contributed by atoms with Crippen molar-refractivity contribution in [3.05, 3.63) is 241 Å². The molecule has 6 nitrogen and oxygen atoms in total. The molecule has 0 fully saturated rings. The number of aromatic nitrogens is 2. The second-order valence-electron chi connectivity index (χ2n) is 19.1. The molecule has 12 rings (SSSR count). The van der Waals surface area contributed by atoms with Gasteiger partial charge in [-0.2, -0.15) is 0 Å². The van der Waals surface area contributed by atoms with Crippen LogP contribution in [0.1, 0.15) is 49.9 Å². The second-order valence-corrected chi connectivity index (χ2v) is 19.1. The van der Waals surface area contributed by atoms with Crippen molar-refractivity contribution in [2.24, 2.45) is 0 Å². The minimum Gasteiger partial charge on any atom is -0.457 e. The zero-order chi connectivity index (χ0) is 51.9. The van der Waals surface area contributed by atoms with Gasteiger partial charge in [0.25, 0.3) is 0 Å². The average molecular weight is 914 g/mol. The van der Waals surface area contributed by atoms with Gasteiger partial charge in [0.05, 0.1) is 30.3 Å². The van der Waals surface area contributed by atoms with Crippen molar-refractivity contribution in [3.63, 3.8) is 0 Å². The molecule has 10 aromatic rings. The van der Waals surface area contributed by atoms with E-state index in [-0.39, 0.29) is 35.1 Å². The maximum absolute atomic E-state index is 8.47. The van der Waals surface area contributed by atoms with Crippen LogP contribution in [0.15, 0.2) is 218 Å². The van der Waals surface area contributed by atoms with E-state index in [1.807, 2.05) is 36.7 Å². The number of nitrogens with zero attached hydrogens (tertiary/aromatic N) is 4. The van der Waals surface area contributed by atoms with E-state index in [0.717, 1.165) is 101 Å². The van der Waals surface area contributed by atoms with E-state index >= 15 is 0 Å². The fourth-order valence-electron chi connectivity index (χ4n) is 9.98. The van der Waals surface area contributed by atoms with Gasteiger partial charge >= 0.3 is 0 Å². The summed E-state index contributed by atoms with van der Waals surface area (Å²) in [5.74, 6) is 2.93. The Morgan fingerprint density at radius 1 is 0.586 bits per heavy atom. The predicted octanol–water partition coefficient (Wildman–Crippen LogP) is 16.1. The van der Waals surface area contributed by atoms with E-state index < -0.39 is 6.04 Å². The summed E-state index contributed by atoms with van der Waals surface area (Å²) in [6.45, 7) is 9.32. The van der Waals surface area contributed by atoms with E-state index in [4.69, 9.17) is 21.3 Å². The molecule has 0 saturated carbocycles. The third kappa shape index (κ3) is 7.58. The first kappa shape index (κ1) is 37.4. The van der Waals surface area contributed by atoms with Gasteiger partial charge in [-0.3, -0.25) is 9.47 Å². The van der Waals surface area contributed by atoms with Gasteiger partial charge in [0.1, 0.15) is 29.3 Å². The molecule has 0 spiro atoms. The van der Waals surface area contributed by atoms with Gasteiger partial charge in [0.2, 0.25) is 5.88 Å². The molecule has 8 aromatic carbocycles. The van der Waals surface area contributed by atoms with Crippen LogP contribution in [0.3, 0.4) is 0 Å². The quantitative estimate of drug-likeness (QED) is 0.144. The first-order valence-electron chi connectivity index (χ1n) is 26.1. The maximum atomic E-state index is 8.47. The predicted molar refractivity (Wildman–Crippen MR) is 287 cm³/mol. The van der Waals surface area contributed by atoms with Crippen LogP contribution in [0.2, 0.25) is 0 Å². The number of ether oxygens (including phenoxy) is 2. The zero-order valence-corrected chi connectivity index (χ0v) is 39.6. The van der Waals surface area contributed by atoms with Crippen molar-refractivity contribution in [1.29, 1.82) is 0 Å². The molecule has 0 unspecified atom stereocenters. The lowest BCUT2D eigenvalue weighted by Crippen LogP contribution is -2.23. The highest BCUT2D eigenvalue weighted by molar-refractivity contribution is 6.09. The van der Waals surface area contributed by atoms with Crippen LogP contribution in [-0.2, 0) is 10.2 Å². The Morgan fingerprint density at radius 2 is 1.24 bits per heavy atom. The molecular formula is C64H52N4O2. The zero-order valence-electron chi connectivity index (χ0n) is 44.6. The third-order valence-corrected chi connectivity index (χ3v) is 13.5. The molecular weight excluding hydrogens is 857 g/mol. The number of benzene rings is 8. The van der Waals surface area contributed by atoms with Crippen molar-refractivity contribution >= 4 is 33.2 Å². The molecule has 0 aliphatic carbocycles. The minimum atomic E-state index is -0.408. The molecule has 0 amide bonds. The summed E-state index contributed by atoms with van der Waals surface area (Å²) in [5.41, 5.74) is 15.0. The van der Waals surface area contributed by atoms with Crippen LogP contribution in [-0.4, -0.2) is 33.1 Å². The highest BCUT2D eigenvalue weighted by Crippen LogP contribution is 2.48. The van der Waals surface area contributed by atoms with Crippen LogP contribution in [0.5, 0.6) is 11.5 Å². The molecule has 6 heteroatoms. The molecule has 2 aliphatic heterocycles. The third-order valence-electron chi connectivity index (χ3n) is 13.5. The van der Waals surface area contributed by atoms with Crippen molar-refractivity contribution in [2.75, 3.05) is 13.7 Å². The van der Waals surface area contributed by atoms with Gasteiger partial charge in [-0.05, 0) is 105 Å². The van der Waals surface area contributed by atoms with Crippen molar-refractivity contribution in [1.82, 2.24) is 19.4 Å². The van der Waals surface area contributed by atoms with Gasteiger partial charge in [0, 0.05) is 46.8 Å². The summed E-state index contributed by atoms with van der Waals surface area (Å²) in [4.78, 5) is 9.62. The van der Waals surface area contributed by atoms with Crippen molar-refractivity contribution in [2.45, 2.75) is 33.1 Å². The van der Waals surface area contributed by atoms with E-state index in [1.165, 1.54) is 0 Å². The van der Waals surface area contributed by atoms with Crippen molar-refractivity contribution in [3.8, 4) is 61.8 Å². The Kier molecular flexibility index (Phi) is 9.17. The van der Waals surface area contributed by atoms with Gasteiger partial charge in [-0.1, -0.05) is 172 Å². The Bertz CT molecular complexity index is 3910. The lowest BCUT2D eigenvalue weighted by atomic mass is 9.85. The number of hydrogen-bond acceptors (Lipinski definition) is 5. The standard InChI is InChI=1S/C64H52N4O2/c1-42-34-60(65-39-56(42)47-30-28-44(29-31-47)43-18-9-6-10-19-43)68-57-27-16-15-24-54(57)55-33-32-50(38-58(55)68)70-51-36-48(35-49(37-51)64(2,3)4)59-40-69-63-62(66(5)41-67(59)63)61-52(45-20-11-7-12-21-45)25-17-26-53(61)46-22-13-8-14-23-46/h6-40H,41H2,1-5H3/i6D,9D,10D,18D,19D. The smallest absolute Gasteiger partial charge is 0.225 e. The Balaban J connectivity index is 0.892. The fourth-order valence-corrected chi connectivity index (χ4v) is 9.98. The van der Waals surface area contributed by atoms with Gasteiger partial charge in [-0.25, -0.2) is 4.98 Å². The van der Waals surface area contributed by atoms with Crippen LogP contribution < -0.4 is 4.74 Å². The van der Waals surface area contributed by atoms with Gasteiger partial charge in [-0.15, -0.1) is 0 Å². The summed E-state index contributed by atoms with van der Waals surface area (Å²) in [5, 5.41) is 2.16. The average Bonchev–Trinajstić information content (AvgIpc) is 4.09. The lowest BCUT2D eigenvalue weighted by molar-refractivity contribution is 0.278. The molecule has 0 N–H and O–H groups in total. The molecule has 70 heavy (non-hydrogen) atoms. The number of hydrogen-bond donors (Lipinski definition) is 0. The Labute approximate surface area is 416 Å². The van der Waals surface area contributed by atoms with Crippen LogP contribution in [0.25, 0.3) is 83.5 Å². The van der Waals surface area contributed by atoms with E-state index in [2.05, 4.69) is 183 Å². The molecule has 0 atom stereocenters. The maximum Gasteiger partial charge on any atom is 0.225 e. The summed E-state index contributed by atoms with van der Waals surface area (Å²) >= 11 is 0. The molecule has 2 aliphatic rings. The summed E-state index contributed by atoms with van der Waals surface area (Å²) < 4.78 is 57.1.